The molecule has 0 spiro atoms. The minimum absolute atomic E-state index is 0.120. The summed E-state index contributed by atoms with van der Waals surface area (Å²) in [6.45, 7) is 7.69. The van der Waals surface area contributed by atoms with E-state index in [4.69, 9.17) is 9.72 Å². The number of rotatable bonds is 9. The maximum Gasteiger partial charge on any atom is 0.343 e. The van der Waals surface area contributed by atoms with E-state index in [1.807, 2.05) is 18.2 Å². The number of hydrogen-bond acceptors (Lipinski definition) is 6. The van der Waals surface area contributed by atoms with E-state index < -0.39 is 19.6 Å². The number of aromatic nitrogens is 2. The van der Waals surface area contributed by atoms with Gasteiger partial charge in [0, 0.05) is 23.1 Å². The summed E-state index contributed by atoms with van der Waals surface area (Å²) in [5, 5.41) is 16.1. The first-order valence-electron chi connectivity index (χ1n) is 14.6. The van der Waals surface area contributed by atoms with Crippen LogP contribution in [0.5, 0.6) is 0 Å². The number of aryl methyl sites for hydroxylation is 1. The third kappa shape index (κ3) is 4.73. The van der Waals surface area contributed by atoms with Crippen molar-refractivity contribution in [1.82, 2.24) is 14.9 Å². The molecule has 0 saturated heterocycles. The molecule has 2 atom stereocenters. The van der Waals surface area contributed by atoms with Crippen molar-refractivity contribution >= 4 is 24.9 Å². The van der Waals surface area contributed by atoms with Crippen LogP contribution in [0.3, 0.4) is 0 Å². The molecule has 4 aromatic rings. The SMILES string of the molecule is CC[C@]1(O)C(=O)OCc2c1cc1n(c2=O)Cc2c-1nc1ccccc1c2CC[Si](C)(CC)CNCc1ccccc1. The number of nitrogens with one attached hydrogen (secondary N) is 1. The van der Waals surface area contributed by atoms with E-state index in [1.54, 1.807) is 17.6 Å². The lowest BCUT2D eigenvalue weighted by molar-refractivity contribution is -0.172. The zero-order chi connectivity index (χ0) is 28.8. The number of carbonyl (C=O) groups is 1. The Balaban J connectivity index is 1.36. The second kappa shape index (κ2) is 10.7. The molecule has 2 N–H and O–H groups in total. The van der Waals surface area contributed by atoms with E-state index in [2.05, 4.69) is 55.2 Å². The lowest BCUT2D eigenvalue weighted by atomic mass is 9.86. The molecule has 8 heteroatoms. The smallest absolute Gasteiger partial charge is 0.343 e. The Labute approximate surface area is 241 Å². The molecule has 0 fully saturated rings. The number of nitrogens with zero attached hydrogens (tertiary/aromatic N) is 2. The van der Waals surface area contributed by atoms with Crippen LogP contribution in [-0.2, 0) is 41.2 Å². The van der Waals surface area contributed by atoms with Gasteiger partial charge < -0.3 is 19.7 Å². The highest BCUT2D eigenvalue weighted by atomic mass is 28.3. The van der Waals surface area contributed by atoms with E-state index in [9.17, 15) is 14.7 Å². The van der Waals surface area contributed by atoms with E-state index >= 15 is 0 Å². The van der Waals surface area contributed by atoms with E-state index in [1.165, 1.54) is 17.2 Å². The summed E-state index contributed by atoms with van der Waals surface area (Å²) in [6, 6.07) is 22.8. The Morgan fingerprint density at radius 3 is 2.59 bits per heavy atom. The van der Waals surface area contributed by atoms with Crippen molar-refractivity contribution in [2.24, 2.45) is 0 Å². The molecule has 7 nitrogen and oxygen atoms in total. The number of cyclic esters (lactones) is 1. The first kappa shape index (κ1) is 27.6. The Morgan fingerprint density at radius 2 is 1.83 bits per heavy atom. The van der Waals surface area contributed by atoms with Crippen molar-refractivity contribution in [3.8, 4) is 11.4 Å². The van der Waals surface area contributed by atoms with Gasteiger partial charge in [0.15, 0.2) is 5.60 Å². The number of pyridine rings is 2. The zero-order valence-electron chi connectivity index (χ0n) is 24.0. The van der Waals surface area contributed by atoms with Crippen LogP contribution in [-0.4, -0.2) is 34.9 Å². The molecule has 2 aromatic heterocycles. The van der Waals surface area contributed by atoms with Crippen molar-refractivity contribution in [2.45, 2.75) is 70.6 Å². The van der Waals surface area contributed by atoms with Crippen LogP contribution in [0.2, 0.25) is 18.6 Å². The van der Waals surface area contributed by atoms with Crippen LogP contribution in [0.15, 0.2) is 65.5 Å². The van der Waals surface area contributed by atoms with Crippen LogP contribution in [0, 0.1) is 0 Å². The highest BCUT2D eigenvalue weighted by molar-refractivity contribution is 6.78. The molecule has 0 saturated carbocycles. The molecule has 1 unspecified atom stereocenters. The minimum atomic E-state index is -1.83. The monoisotopic (exact) mass is 567 g/mol. The molecule has 2 aromatic carbocycles. The molecular formula is C33H37N3O4Si. The Kier molecular flexibility index (Phi) is 7.17. The van der Waals surface area contributed by atoms with Gasteiger partial charge in [0.2, 0.25) is 0 Å². The number of hydrogen-bond donors (Lipinski definition) is 2. The largest absolute Gasteiger partial charge is 0.458 e. The predicted octanol–water partition coefficient (Wildman–Crippen LogP) is 5.05. The van der Waals surface area contributed by atoms with Crippen molar-refractivity contribution in [3.63, 3.8) is 0 Å². The number of fused-ring (bicyclic) bond motifs is 5. The molecule has 0 aliphatic carbocycles. The topological polar surface area (TPSA) is 93.5 Å². The normalized spacial score (nSPS) is 18.9. The van der Waals surface area contributed by atoms with Crippen LogP contribution in [0.25, 0.3) is 22.3 Å². The van der Waals surface area contributed by atoms with Crippen molar-refractivity contribution in [3.05, 3.63) is 98.8 Å². The van der Waals surface area contributed by atoms with Crippen molar-refractivity contribution in [1.29, 1.82) is 0 Å². The fourth-order valence-corrected chi connectivity index (χ4v) is 8.68. The molecule has 4 heterocycles. The standard InChI is InChI=1S/C33H37N3O4Si/c1-4-33(39)27-17-29-30-25(19-36(29)31(37)26(27)20-40-32(33)38)23(24-13-9-10-14-28(24)35-30)15-16-41(3,5-2)21-34-18-22-11-7-6-8-12-22/h6-14,17,34,39H,4-5,15-16,18-21H2,1-3H3/t33-,41?/m1/s1. The molecule has 212 valence electrons. The summed E-state index contributed by atoms with van der Waals surface area (Å²) in [7, 11) is -1.61. The molecule has 2 aliphatic rings. The molecule has 0 amide bonds. The first-order chi connectivity index (χ1) is 19.8. The highest BCUT2D eigenvalue weighted by Gasteiger charge is 2.45. The van der Waals surface area contributed by atoms with Gasteiger partial charge in [0.25, 0.3) is 5.56 Å². The molecule has 0 radical (unpaired) electrons. The number of para-hydroxylation sites is 1. The fraction of sp³-hybridized carbons (Fsp3) is 0.364. The summed E-state index contributed by atoms with van der Waals surface area (Å²) >= 11 is 0. The molecular weight excluding hydrogens is 530 g/mol. The third-order valence-corrected chi connectivity index (χ3v) is 13.5. The number of carbonyl (C=O) groups excluding carboxylic acids is 1. The maximum atomic E-state index is 13.7. The predicted molar refractivity (Wildman–Crippen MR) is 163 cm³/mol. The third-order valence-electron chi connectivity index (χ3n) is 9.27. The van der Waals surface area contributed by atoms with Crippen molar-refractivity contribution in [2.75, 3.05) is 6.17 Å². The van der Waals surface area contributed by atoms with E-state index in [0.29, 0.717) is 23.4 Å². The van der Waals surface area contributed by atoms with Crippen LogP contribution < -0.4 is 10.9 Å². The van der Waals surface area contributed by atoms with Gasteiger partial charge in [-0.2, -0.15) is 0 Å². The lowest BCUT2D eigenvalue weighted by Gasteiger charge is -2.31. The summed E-state index contributed by atoms with van der Waals surface area (Å²) in [6.07, 6.45) is 2.08. The Hall–Kier alpha value is -3.59. The van der Waals surface area contributed by atoms with Crippen LogP contribution in [0.4, 0.5) is 0 Å². The average molecular weight is 568 g/mol. The van der Waals surface area contributed by atoms with Gasteiger partial charge >= 0.3 is 5.97 Å². The summed E-state index contributed by atoms with van der Waals surface area (Å²) < 4.78 is 6.99. The zero-order valence-corrected chi connectivity index (χ0v) is 25.0. The van der Waals surface area contributed by atoms with Gasteiger partial charge in [0.05, 0.1) is 37.1 Å². The first-order valence-corrected chi connectivity index (χ1v) is 17.7. The summed E-state index contributed by atoms with van der Waals surface area (Å²) in [5.41, 5.74) is 4.61. The number of aliphatic hydroxyl groups is 1. The summed E-state index contributed by atoms with van der Waals surface area (Å²) in [4.78, 5) is 31.3. The lowest BCUT2D eigenvalue weighted by Crippen LogP contribution is -2.44. The van der Waals surface area contributed by atoms with Gasteiger partial charge in [-0.15, -0.1) is 0 Å². The second-order valence-electron chi connectivity index (χ2n) is 11.8. The van der Waals surface area contributed by atoms with Gasteiger partial charge in [-0.1, -0.05) is 81.0 Å². The molecule has 41 heavy (non-hydrogen) atoms. The highest BCUT2D eigenvalue weighted by Crippen LogP contribution is 2.40. The van der Waals surface area contributed by atoms with Crippen molar-refractivity contribution < 1.29 is 14.6 Å². The number of ether oxygens (including phenoxy) is 1. The quantitative estimate of drug-likeness (QED) is 0.191. The van der Waals surface area contributed by atoms with Crippen LogP contribution >= 0.6 is 0 Å². The minimum Gasteiger partial charge on any atom is -0.458 e. The van der Waals surface area contributed by atoms with E-state index in [-0.39, 0.29) is 18.6 Å². The van der Waals surface area contributed by atoms with Gasteiger partial charge in [-0.25, -0.2) is 9.78 Å². The summed E-state index contributed by atoms with van der Waals surface area (Å²) in [5.74, 6) is -0.702. The van der Waals surface area contributed by atoms with Gasteiger partial charge in [-0.3, -0.25) is 4.79 Å². The van der Waals surface area contributed by atoms with E-state index in [0.717, 1.165) is 47.3 Å². The number of esters is 1. The van der Waals surface area contributed by atoms with Crippen LogP contribution in [0.1, 0.15) is 48.1 Å². The molecule has 0 bridgehead atoms. The average Bonchev–Trinajstić information content (AvgIpc) is 3.36. The maximum absolute atomic E-state index is 13.7. The fourth-order valence-electron chi connectivity index (χ4n) is 6.32. The molecule has 2 aliphatic heterocycles. The van der Waals surface area contributed by atoms with Gasteiger partial charge in [-0.05, 0) is 42.3 Å². The molecule has 6 rings (SSSR count). The Morgan fingerprint density at radius 1 is 1.07 bits per heavy atom. The second-order valence-corrected chi connectivity index (χ2v) is 17.0. The number of benzene rings is 2. The Bertz CT molecular complexity index is 1700. The van der Waals surface area contributed by atoms with Gasteiger partial charge in [0.1, 0.15) is 6.61 Å².